The van der Waals surface area contributed by atoms with E-state index >= 15 is 0 Å². The van der Waals surface area contributed by atoms with Crippen molar-refractivity contribution in [1.29, 1.82) is 0 Å². The lowest BCUT2D eigenvalue weighted by Gasteiger charge is -2.10. The van der Waals surface area contributed by atoms with E-state index < -0.39 is 0 Å². The zero-order valence-corrected chi connectivity index (χ0v) is 9.77. The number of hydrogen-bond acceptors (Lipinski definition) is 1. The fraction of sp³-hybridized carbons (Fsp3) is 0.900. The Morgan fingerprint density at radius 2 is 2.15 bits per heavy atom. The fourth-order valence-corrected chi connectivity index (χ4v) is 1.97. The number of hydrogen-bond donors (Lipinski definition) is 1. The van der Waals surface area contributed by atoms with E-state index in [2.05, 4.69) is 21.2 Å². The topological polar surface area (TPSA) is 29.1 Å². The molecular weight excluding hydrogens is 230 g/mol. The van der Waals surface area contributed by atoms with Crippen molar-refractivity contribution in [2.45, 2.75) is 43.9 Å². The summed E-state index contributed by atoms with van der Waals surface area (Å²) >= 11 is 3.40. The van der Waals surface area contributed by atoms with Gasteiger partial charge in [0.2, 0.25) is 5.91 Å². The van der Waals surface area contributed by atoms with Crippen molar-refractivity contribution in [3.05, 3.63) is 0 Å². The molecule has 1 N–H and O–H groups in total. The molecule has 1 saturated carbocycles. The average molecular weight is 248 g/mol. The molecule has 1 fully saturated rings. The Balaban J connectivity index is 2.09. The van der Waals surface area contributed by atoms with Crippen LogP contribution in [0.1, 0.15) is 39.0 Å². The van der Waals surface area contributed by atoms with Crippen molar-refractivity contribution >= 4 is 21.8 Å². The largest absolute Gasteiger partial charge is 0.355 e. The Bertz CT molecular complexity index is 164. The summed E-state index contributed by atoms with van der Waals surface area (Å²) in [6.45, 7) is 2.78. The molecule has 0 bridgehead atoms. The summed E-state index contributed by atoms with van der Waals surface area (Å²) in [5.41, 5.74) is 0. The van der Waals surface area contributed by atoms with Gasteiger partial charge < -0.3 is 5.32 Å². The van der Waals surface area contributed by atoms with E-state index in [-0.39, 0.29) is 5.91 Å². The van der Waals surface area contributed by atoms with Crippen molar-refractivity contribution in [1.82, 2.24) is 5.32 Å². The number of carbonyl (C=O) groups excluding carboxylic acids is 1. The van der Waals surface area contributed by atoms with E-state index in [0.717, 1.165) is 13.0 Å². The molecule has 1 rings (SSSR count). The molecule has 0 aliphatic heterocycles. The lowest BCUT2D eigenvalue weighted by atomic mass is 10.0. The van der Waals surface area contributed by atoms with Gasteiger partial charge in [0.1, 0.15) is 0 Å². The van der Waals surface area contributed by atoms with Gasteiger partial charge in [0.25, 0.3) is 0 Å². The lowest BCUT2D eigenvalue weighted by Crippen LogP contribution is -2.29. The Morgan fingerprint density at radius 1 is 1.54 bits per heavy atom. The highest BCUT2D eigenvalue weighted by atomic mass is 79.9. The van der Waals surface area contributed by atoms with E-state index in [1.807, 2.05) is 6.92 Å². The van der Waals surface area contributed by atoms with E-state index in [1.165, 1.54) is 25.7 Å². The number of alkyl halides is 1. The first-order valence-electron chi connectivity index (χ1n) is 5.09. The maximum Gasteiger partial charge on any atom is 0.220 e. The summed E-state index contributed by atoms with van der Waals surface area (Å²) in [7, 11) is 0. The van der Waals surface area contributed by atoms with Crippen molar-refractivity contribution in [3.63, 3.8) is 0 Å². The van der Waals surface area contributed by atoms with Gasteiger partial charge in [-0.25, -0.2) is 0 Å². The Labute approximate surface area is 88.6 Å². The van der Waals surface area contributed by atoms with E-state index in [0.29, 0.717) is 10.7 Å². The van der Waals surface area contributed by atoms with Crippen LogP contribution in [0.4, 0.5) is 0 Å². The highest BCUT2D eigenvalue weighted by Crippen LogP contribution is 2.27. The monoisotopic (exact) mass is 247 g/mol. The minimum Gasteiger partial charge on any atom is -0.355 e. The van der Waals surface area contributed by atoms with Crippen molar-refractivity contribution in [3.8, 4) is 0 Å². The van der Waals surface area contributed by atoms with Crippen molar-refractivity contribution < 1.29 is 4.79 Å². The first kappa shape index (κ1) is 11.0. The van der Waals surface area contributed by atoms with Gasteiger partial charge >= 0.3 is 0 Å². The summed E-state index contributed by atoms with van der Waals surface area (Å²) in [6, 6.07) is 0. The third kappa shape index (κ3) is 4.65. The van der Waals surface area contributed by atoms with Crippen LogP contribution < -0.4 is 5.32 Å². The highest BCUT2D eigenvalue weighted by Gasteiger charge is 2.18. The zero-order chi connectivity index (χ0) is 9.68. The van der Waals surface area contributed by atoms with Gasteiger partial charge in [0.15, 0.2) is 0 Å². The van der Waals surface area contributed by atoms with Gasteiger partial charge in [-0.1, -0.05) is 35.7 Å². The second-order valence-corrected chi connectivity index (χ2v) is 5.50. The smallest absolute Gasteiger partial charge is 0.220 e. The SMILES string of the molecule is CC(Br)CNC(=O)CC1CCCC1. The third-order valence-electron chi connectivity index (χ3n) is 2.53. The van der Waals surface area contributed by atoms with E-state index in [1.54, 1.807) is 0 Å². The average Bonchev–Trinajstić information content (AvgIpc) is 2.53. The molecular formula is C10H18BrNO. The Kier molecular flexibility index (Phi) is 4.78. The molecule has 2 nitrogen and oxygen atoms in total. The molecule has 0 spiro atoms. The van der Waals surface area contributed by atoms with Crippen LogP contribution in [0.2, 0.25) is 0 Å². The maximum absolute atomic E-state index is 11.4. The molecule has 0 heterocycles. The lowest BCUT2D eigenvalue weighted by molar-refractivity contribution is -0.121. The molecule has 1 amide bonds. The van der Waals surface area contributed by atoms with Crippen molar-refractivity contribution in [2.75, 3.05) is 6.54 Å². The molecule has 0 aromatic rings. The molecule has 0 aromatic heterocycles. The van der Waals surface area contributed by atoms with Crippen LogP contribution in [0.5, 0.6) is 0 Å². The molecule has 1 unspecified atom stereocenters. The molecule has 76 valence electrons. The predicted molar refractivity (Wildman–Crippen MR) is 58.0 cm³/mol. The normalized spacial score (nSPS) is 20.2. The standard InChI is InChI=1S/C10H18BrNO/c1-8(11)7-12-10(13)6-9-4-2-3-5-9/h8-9H,2-7H2,1H3,(H,12,13). The summed E-state index contributed by atoms with van der Waals surface area (Å²) in [5, 5.41) is 2.92. The number of rotatable bonds is 4. The van der Waals surface area contributed by atoms with Gasteiger partial charge in [-0.2, -0.15) is 0 Å². The second-order valence-electron chi connectivity index (χ2n) is 3.94. The molecule has 0 aromatic carbocycles. The van der Waals surface area contributed by atoms with Gasteiger partial charge in [0, 0.05) is 17.8 Å². The van der Waals surface area contributed by atoms with Crippen LogP contribution in [-0.4, -0.2) is 17.3 Å². The minimum atomic E-state index is 0.221. The molecule has 1 atom stereocenters. The Morgan fingerprint density at radius 3 is 2.69 bits per heavy atom. The summed E-state index contributed by atoms with van der Waals surface area (Å²) < 4.78 is 0. The summed E-state index contributed by atoms with van der Waals surface area (Å²) in [4.78, 5) is 11.7. The molecule has 1 aliphatic rings. The van der Waals surface area contributed by atoms with Crippen LogP contribution in [0.3, 0.4) is 0 Å². The first-order chi connectivity index (χ1) is 6.18. The van der Waals surface area contributed by atoms with E-state index in [9.17, 15) is 4.79 Å². The summed E-state index contributed by atoms with van der Waals surface area (Å²) in [6.07, 6.45) is 5.86. The summed E-state index contributed by atoms with van der Waals surface area (Å²) in [5.74, 6) is 0.879. The predicted octanol–water partition coefficient (Wildman–Crippen LogP) is 2.47. The van der Waals surface area contributed by atoms with Gasteiger partial charge in [-0.3, -0.25) is 4.79 Å². The minimum absolute atomic E-state index is 0.221. The van der Waals surface area contributed by atoms with Crippen molar-refractivity contribution in [2.24, 2.45) is 5.92 Å². The van der Waals surface area contributed by atoms with Gasteiger partial charge in [-0.15, -0.1) is 0 Å². The van der Waals surface area contributed by atoms with Crippen LogP contribution in [-0.2, 0) is 4.79 Å². The molecule has 3 heteroatoms. The van der Waals surface area contributed by atoms with Crippen LogP contribution in [0.15, 0.2) is 0 Å². The molecule has 0 radical (unpaired) electrons. The first-order valence-corrected chi connectivity index (χ1v) is 6.01. The van der Waals surface area contributed by atoms with Crippen LogP contribution >= 0.6 is 15.9 Å². The quantitative estimate of drug-likeness (QED) is 0.761. The third-order valence-corrected chi connectivity index (χ3v) is 2.85. The Hall–Kier alpha value is -0.0500. The number of nitrogens with one attached hydrogen (secondary N) is 1. The van der Waals surface area contributed by atoms with Crippen LogP contribution in [0.25, 0.3) is 0 Å². The molecule has 1 aliphatic carbocycles. The maximum atomic E-state index is 11.4. The zero-order valence-electron chi connectivity index (χ0n) is 8.18. The number of amides is 1. The van der Waals surface area contributed by atoms with Crippen LogP contribution in [0, 0.1) is 5.92 Å². The fourth-order valence-electron chi connectivity index (χ4n) is 1.80. The van der Waals surface area contributed by atoms with E-state index in [4.69, 9.17) is 0 Å². The van der Waals surface area contributed by atoms with Gasteiger partial charge in [0.05, 0.1) is 0 Å². The number of carbonyl (C=O) groups is 1. The highest BCUT2D eigenvalue weighted by molar-refractivity contribution is 9.09. The second kappa shape index (κ2) is 5.63. The van der Waals surface area contributed by atoms with Gasteiger partial charge in [-0.05, 0) is 18.8 Å². The number of halogens is 1. The molecule has 13 heavy (non-hydrogen) atoms. The molecule has 0 saturated heterocycles.